The second-order valence-corrected chi connectivity index (χ2v) is 6.04. The number of benzene rings is 1. The Labute approximate surface area is 148 Å². The summed E-state index contributed by atoms with van der Waals surface area (Å²) in [5, 5.41) is 2.98. The summed E-state index contributed by atoms with van der Waals surface area (Å²) in [6.45, 7) is 3.30. The number of nitrogens with zero attached hydrogens (tertiary/aromatic N) is 1. The Morgan fingerprint density at radius 1 is 1.36 bits per heavy atom. The van der Waals surface area contributed by atoms with Gasteiger partial charge < -0.3 is 24.4 Å². The second-order valence-electron chi connectivity index (χ2n) is 6.04. The van der Waals surface area contributed by atoms with E-state index in [9.17, 15) is 9.59 Å². The highest BCUT2D eigenvalue weighted by Gasteiger charge is 2.29. The predicted molar refractivity (Wildman–Crippen MR) is 92.7 cm³/mol. The largest absolute Gasteiger partial charge is 0.494 e. The topological polar surface area (TPSA) is 77.1 Å². The van der Waals surface area contributed by atoms with Crippen molar-refractivity contribution in [3.63, 3.8) is 0 Å². The summed E-state index contributed by atoms with van der Waals surface area (Å²) in [5.74, 6) is 0.340. The van der Waals surface area contributed by atoms with E-state index in [-0.39, 0.29) is 30.6 Å². The maximum atomic E-state index is 12.5. The molecule has 0 aromatic heterocycles. The maximum Gasteiger partial charge on any atom is 0.251 e. The normalized spacial score (nSPS) is 20.0. The lowest BCUT2D eigenvalue weighted by atomic mass is 10.1. The Hall–Kier alpha value is -2.12. The Morgan fingerprint density at radius 2 is 2.16 bits per heavy atom. The molecule has 138 valence electrons. The molecule has 0 radical (unpaired) electrons. The van der Waals surface area contributed by atoms with Crippen LogP contribution < -0.4 is 10.1 Å². The highest BCUT2D eigenvalue weighted by molar-refractivity contribution is 5.94. The van der Waals surface area contributed by atoms with Crippen LogP contribution in [0.4, 0.5) is 0 Å². The van der Waals surface area contributed by atoms with Gasteiger partial charge in [-0.1, -0.05) is 6.07 Å². The van der Waals surface area contributed by atoms with Crippen molar-refractivity contribution in [3.05, 3.63) is 29.8 Å². The van der Waals surface area contributed by atoms with Gasteiger partial charge in [0.1, 0.15) is 18.5 Å². The quantitative estimate of drug-likeness (QED) is 0.796. The SMILES string of the molecule is CCOc1cccc(C(=O)N[C@@H]2CCOC[C@H]2OCC(=O)N(C)C)c1. The molecule has 2 atom stereocenters. The average Bonchev–Trinajstić information content (AvgIpc) is 2.61. The molecule has 7 nitrogen and oxygen atoms in total. The van der Waals surface area contributed by atoms with Gasteiger partial charge in [0.2, 0.25) is 5.91 Å². The number of ether oxygens (including phenoxy) is 3. The molecule has 25 heavy (non-hydrogen) atoms. The van der Waals surface area contributed by atoms with Gasteiger partial charge in [0, 0.05) is 26.3 Å². The van der Waals surface area contributed by atoms with E-state index in [0.29, 0.717) is 37.6 Å². The number of carbonyl (C=O) groups excluding carboxylic acids is 2. The van der Waals surface area contributed by atoms with Crippen LogP contribution in [0, 0.1) is 0 Å². The third-order valence-electron chi connectivity index (χ3n) is 3.95. The molecule has 0 unspecified atom stereocenters. The monoisotopic (exact) mass is 350 g/mol. The highest BCUT2D eigenvalue weighted by atomic mass is 16.5. The summed E-state index contributed by atoms with van der Waals surface area (Å²) < 4.78 is 16.5. The van der Waals surface area contributed by atoms with Crippen molar-refractivity contribution in [2.75, 3.05) is 40.5 Å². The van der Waals surface area contributed by atoms with Crippen LogP contribution in [0.25, 0.3) is 0 Å². The summed E-state index contributed by atoms with van der Waals surface area (Å²) in [6, 6.07) is 6.85. The number of carbonyl (C=O) groups is 2. The van der Waals surface area contributed by atoms with Crippen LogP contribution in [-0.4, -0.2) is 69.4 Å². The number of likely N-dealkylation sites (N-methyl/N-ethyl adjacent to an activating group) is 1. The number of hydrogen-bond acceptors (Lipinski definition) is 5. The summed E-state index contributed by atoms with van der Waals surface area (Å²) in [6.07, 6.45) is 0.286. The van der Waals surface area contributed by atoms with Crippen molar-refractivity contribution in [1.29, 1.82) is 0 Å². The molecule has 1 aliphatic heterocycles. The highest BCUT2D eigenvalue weighted by Crippen LogP contribution is 2.16. The maximum absolute atomic E-state index is 12.5. The van der Waals surface area contributed by atoms with Crippen LogP contribution in [0.1, 0.15) is 23.7 Å². The van der Waals surface area contributed by atoms with E-state index in [2.05, 4.69) is 5.32 Å². The van der Waals surface area contributed by atoms with Gasteiger partial charge >= 0.3 is 0 Å². The van der Waals surface area contributed by atoms with Gasteiger partial charge in [-0.3, -0.25) is 9.59 Å². The van der Waals surface area contributed by atoms with Crippen molar-refractivity contribution >= 4 is 11.8 Å². The fraction of sp³-hybridized carbons (Fsp3) is 0.556. The molecule has 0 bridgehead atoms. The minimum Gasteiger partial charge on any atom is -0.494 e. The van der Waals surface area contributed by atoms with E-state index >= 15 is 0 Å². The van der Waals surface area contributed by atoms with Crippen molar-refractivity contribution in [3.8, 4) is 5.75 Å². The Balaban J connectivity index is 1.96. The number of nitrogens with one attached hydrogen (secondary N) is 1. The zero-order valence-corrected chi connectivity index (χ0v) is 15.0. The van der Waals surface area contributed by atoms with E-state index in [0.717, 1.165) is 0 Å². The average molecular weight is 350 g/mol. The lowest BCUT2D eigenvalue weighted by Gasteiger charge is -2.32. The Kier molecular flexibility index (Phi) is 7.21. The van der Waals surface area contributed by atoms with E-state index in [1.54, 1.807) is 32.3 Å². The van der Waals surface area contributed by atoms with Crippen molar-refractivity contribution in [2.45, 2.75) is 25.5 Å². The minimum atomic E-state index is -0.350. The summed E-state index contributed by atoms with van der Waals surface area (Å²) in [4.78, 5) is 25.7. The van der Waals surface area contributed by atoms with Crippen LogP contribution in [0.5, 0.6) is 5.75 Å². The molecule has 1 heterocycles. The zero-order chi connectivity index (χ0) is 18.2. The third-order valence-corrected chi connectivity index (χ3v) is 3.95. The lowest BCUT2D eigenvalue weighted by Crippen LogP contribution is -2.50. The molecule has 0 spiro atoms. The van der Waals surface area contributed by atoms with Gasteiger partial charge in [-0.15, -0.1) is 0 Å². The smallest absolute Gasteiger partial charge is 0.251 e. The van der Waals surface area contributed by atoms with E-state index in [4.69, 9.17) is 14.2 Å². The second kappa shape index (κ2) is 9.39. The van der Waals surface area contributed by atoms with Crippen LogP contribution in [0.3, 0.4) is 0 Å². The first kappa shape index (κ1) is 19.2. The van der Waals surface area contributed by atoms with E-state index in [1.165, 1.54) is 4.90 Å². The number of rotatable bonds is 7. The Morgan fingerprint density at radius 3 is 2.88 bits per heavy atom. The van der Waals surface area contributed by atoms with Crippen LogP contribution in [0.2, 0.25) is 0 Å². The molecule has 7 heteroatoms. The zero-order valence-electron chi connectivity index (χ0n) is 15.0. The standard InChI is InChI=1S/C18H26N2O5/c1-4-24-14-7-5-6-13(10-14)18(22)19-15-8-9-23-11-16(15)25-12-17(21)20(2)3/h5-7,10,15-16H,4,8-9,11-12H2,1-3H3,(H,19,22)/t15-,16-/m1/s1. The van der Waals surface area contributed by atoms with Crippen LogP contribution in [-0.2, 0) is 14.3 Å². The molecule has 1 N–H and O–H groups in total. The van der Waals surface area contributed by atoms with E-state index in [1.807, 2.05) is 13.0 Å². The number of hydrogen-bond donors (Lipinski definition) is 1. The molecule has 1 aromatic rings. The first-order chi connectivity index (χ1) is 12.0. The van der Waals surface area contributed by atoms with Gasteiger partial charge in [0.15, 0.2) is 0 Å². The molecule has 1 fully saturated rings. The fourth-order valence-corrected chi connectivity index (χ4v) is 2.49. The number of amides is 2. The van der Waals surface area contributed by atoms with E-state index < -0.39 is 0 Å². The molecule has 1 aromatic carbocycles. The summed E-state index contributed by atoms with van der Waals surface area (Å²) >= 11 is 0. The molecule has 1 saturated heterocycles. The van der Waals surface area contributed by atoms with Gasteiger partial charge in [-0.25, -0.2) is 0 Å². The molecular formula is C18H26N2O5. The van der Waals surface area contributed by atoms with Crippen molar-refractivity contribution in [1.82, 2.24) is 10.2 Å². The van der Waals surface area contributed by atoms with Crippen molar-refractivity contribution in [2.24, 2.45) is 0 Å². The van der Waals surface area contributed by atoms with Crippen LogP contribution >= 0.6 is 0 Å². The molecule has 1 aliphatic rings. The van der Waals surface area contributed by atoms with Gasteiger partial charge in [0.05, 0.1) is 19.3 Å². The molecule has 0 saturated carbocycles. The van der Waals surface area contributed by atoms with Gasteiger partial charge in [-0.2, -0.15) is 0 Å². The lowest BCUT2D eigenvalue weighted by molar-refractivity contribution is -0.140. The first-order valence-corrected chi connectivity index (χ1v) is 8.44. The molecule has 2 amide bonds. The third kappa shape index (κ3) is 5.72. The fourth-order valence-electron chi connectivity index (χ4n) is 2.49. The summed E-state index contributed by atoms with van der Waals surface area (Å²) in [7, 11) is 3.35. The minimum absolute atomic E-state index is 0.0345. The van der Waals surface area contributed by atoms with Gasteiger partial charge in [-0.05, 0) is 31.5 Å². The van der Waals surface area contributed by atoms with Crippen LogP contribution in [0.15, 0.2) is 24.3 Å². The van der Waals surface area contributed by atoms with Gasteiger partial charge in [0.25, 0.3) is 5.91 Å². The molecular weight excluding hydrogens is 324 g/mol. The summed E-state index contributed by atoms with van der Waals surface area (Å²) in [5.41, 5.74) is 0.528. The Bertz CT molecular complexity index is 591. The first-order valence-electron chi connectivity index (χ1n) is 8.44. The van der Waals surface area contributed by atoms with Crippen molar-refractivity contribution < 1.29 is 23.8 Å². The molecule has 0 aliphatic carbocycles. The predicted octanol–water partition coefficient (Wildman–Crippen LogP) is 1.08. The molecule has 2 rings (SSSR count).